The maximum atomic E-state index is 14.0. The molecule has 0 aromatic rings. The number of amides is 2. The van der Waals surface area contributed by atoms with Gasteiger partial charge in [0.05, 0.1) is 24.7 Å². The van der Waals surface area contributed by atoms with Crippen molar-refractivity contribution in [2.45, 2.75) is 70.1 Å². The van der Waals surface area contributed by atoms with Gasteiger partial charge in [-0.25, -0.2) is 0 Å². The summed E-state index contributed by atoms with van der Waals surface area (Å²) in [6.07, 6.45) is 7.22. The van der Waals surface area contributed by atoms with Gasteiger partial charge in [0.1, 0.15) is 17.6 Å². The lowest BCUT2D eigenvalue weighted by Crippen LogP contribution is -2.57. The quantitative estimate of drug-likeness (QED) is 0.249. The van der Waals surface area contributed by atoms with Crippen molar-refractivity contribution < 1.29 is 29.0 Å². The molecule has 3 unspecified atom stereocenters. The van der Waals surface area contributed by atoms with Crippen LogP contribution in [-0.4, -0.2) is 82.8 Å². The first-order valence-corrected chi connectivity index (χ1v) is 12.5. The largest absolute Gasteiger partial charge is 0.465 e. The maximum absolute atomic E-state index is 14.0. The van der Waals surface area contributed by atoms with Gasteiger partial charge >= 0.3 is 5.97 Å². The Balaban J connectivity index is 2.00. The van der Waals surface area contributed by atoms with Crippen molar-refractivity contribution in [2.24, 2.45) is 17.8 Å². The topological polar surface area (TPSA) is 96.4 Å². The van der Waals surface area contributed by atoms with E-state index in [-0.39, 0.29) is 37.5 Å². The minimum absolute atomic E-state index is 0.0110. The average molecular weight is 477 g/mol. The van der Waals surface area contributed by atoms with E-state index in [1.807, 2.05) is 13.8 Å². The van der Waals surface area contributed by atoms with Crippen molar-refractivity contribution in [1.29, 1.82) is 0 Å². The van der Waals surface area contributed by atoms with Crippen LogP contribution in [0.3, 0.4) is 0 Å². The minimum atomic E-state index is -1.12. The van der Waals surface area contributed by atoms with Crippen LogP contribution in [0.5, 0.6) is 0 Å². The SMILES string of the molecule is C=CCCOC(=O)[C@H]1[C@H]2C(=O)N(CCO)C(C(=O)N(CC=C)CCCCC)C23CC(C)[C@]1(C)O3. The summed E-state index contributed by atoms with van der Waals surface area (Å²) in [5.74, 6) is -2.67. The molecule has 3 saturated heterocycles. The summed E-state index contributed by atoms with van der Waals surface area (Å²) in [5, 5.41) is 9.73. The molecule has 6 atom stereocenters. The number of hydrogen-bond donors (Lipinski definition) is 1. The molecule has 0 radical (unpaired) electrons. The van der Waals surface area contributed by atoms with E-state index in [9.17, 15) is 19.5 Å². The van der Waals surface area contributed by atoms with E-state index in [1.165, 1.54) is 4.90 Å². The fraction of sp³-hybridized carbons (Fsp3) is 0.731. The number of carbonyl (C=O) groups is 3. The third-order valence-corrected chi connectivity index (χ3v) is 7.90. The number of likely N-dealkylation sites (tertiary alicyclic amines) is 1. The number of aliphatic hydroxyl groups is 1. The van der Waals surface area contributed by atoms with Gasteiger partial charge in [0.2, 0.25) is 11.8 Å². The molecule has 3 aliphatic rings. The number of rotatable bonds is 13. The Labute approximate surface area is 202 Å². The van der Waals surface area contributed by atoms with Crippen molar-refractivity contribution in [1.82, 2.24) is 9.80 Å². The zero-order valence-corrected chi connectivity index (χ0v) is 20.8. The van der Waals surface area contributed by atoms with E-state index >= 15 is 0 Å². The minimum Gasteiger partial charge on any atom is -0.465 e. The molecule has 3 fully saturated rings. The van der Waals surface area contributed by atoms with Crippen LogP contribution in [0.1, 0.15) is 52.9 Å². The molecule has 190 valence electrons. The molecule has 0 aliphatic carbocycles. The molecular formula is C26H40N2O6. The van der Waals surface area contributed by atoms with Crippen LogP contribution in [-0.2, 0) is 23.9 Å². The zero-order chi connectivity index (χ0) is 25.1. The van der Waals surface area contributed by atoms with E-state index in [4.69, 9.17) is 9.47 Å². The van der Waals surface area contributed by atoms with Crippen molar-refractivity contribution in [3.8, 4) is 0 Å². The molecule has 3 aliphatic heterocycles. The van der Waals surface area contributed by atoms with Gasteiger partial charge < -0.3 is 24.4 Å². The normalized spacial score (nSPS) is 33.6. The van der Waals surface area contributed by atoms with Crippen molar-refractivity contribution >= 4 is 17.8 Å². The highest BCUT2D eigenvalue weighted by Crippen LogP contribution is 2.65. The summed E-state index contributed by atoms with van der Waals surface area (Å²) >= 11 is 0. The van der Waals surface area contributed by atoms with Gasteiger partial charge in [0, 0.05) is 19.6 Å². The van der Waals surface area contributed by atoms with Gasteiger partial charge in [-0.2, -0.15) is 0 Å². The highest BCUT2D eigenvalue weighted by atomic mass is 16.6. The summed E-state index contributed by atoms with van der Waals surface area (Å²) in [6, 6.07) is -0.894. The fourth-order valence-electron chi connectivity index (χ4n) is 6.23. The van der Waals surface area contributed by atoms with Crippen molar-refractivity contribution in [3.05, 3.63) is 25.3 Å². The smallest absolute Gasteiger partial charge is 0.312 e. The molecule has 34 heavy (non-hydrogen) atoms. The van der Waals surface area contributed by atoms with Gasteiger partial charge in [-0.1, -0.05) is 38.8 Å². The standard InChI is InChI=1S/C26H40N2O6/c1-6-9-11-13-27(12-8-3)23(31)21-26-17-18(4)25(5,34-26)20(24(32)33-16-10-7-2)19(26)22(30)28(21)14-15-29/h7-8,18-21,29H,2-3,6,9-17H2,1,4-5H3/t18?,19-,20+,21?,25-,26?/m0/s1. The summed E-state index contributed by atoms with van der Waals surface area (Å²) in [5.41, 5.74) is -2.02. The van der Waals surface area contributed by atoms with Gasteiger partial charge in [0.15, 0.2) is 0 Å². The molecule has 3 heterocycles. The highest BCUT2D eigenvalue weighted by molar-refractivity contribution is 5.98. The Morgan fingerprint density at radius 3 is 2.68 bits per heavy atom. The molecule has 2 bridgehead atoms. The summed E-state index contributed by atoms with van der Waals surface area (Å²) in [4.78, 5) is 44.1. The molecule has 0 saturated carbocycles. The lowest BCUT2D eigenvalue weighted by atomic mass is 9.62. The van der Waals surface area contributed by atoms with Gasteiger partial charge in [-0.15, -0.1) is 13.2 Å². The Hall–Kier alpha value is -2.19. The second kappa shape index (κ2) is 10.6. The number of nitrogens with zero attached hydrogens (tertiary/aromatic N) is 2. The molecule has 8 heteroatoms. The number of aliphatic hydroxyl groups excluding tert-OH is 1. The number of β-amino-alcohol motifs (C(OH)–C–C–N with tert-alkyl or cyclic N) is 1. The number of hydrogen-bond acceptors (Lipinski definition) is 6. The van der Waals surface area contributed by atoms with E-state index in [0.717, 1.165) is 19.3 Å². The first-order chi connectivity index (χ1) is 16.2. The van der Waals surface area contributed by atoms with Crippen LogP contribution in [0.4, 0.5) is 0 Å². The molecule has 0 aromatic carbocycles. The fourth-order valence-corrected chi connectivity index (χ4v) is 6.23. The summed E-state index contributed by atoms with van der Waals surface area (Å²) in [6.45, 7) is 14.2. The van der Waals surface area contributed by atoms with Gasteiger partial charge in [-0.3, -0.25) is 14.4 Å². The van der Waals surface area contributed by atoms with Crippen LogP contribution in [0.25, 0.3) is 0 Å². The number of fused-ring (bicyclic) bond motifs is 1. The van der Waals surface area contributed by atoms with E-state index in [1.54, 1.807) is 17.1 Å². The molecule has 2 amide bonds. The van der Waals surface area contributed by atoms with Crippen LogP contribution < -0.4 is 0 Å². The van der Waals surface area contributed by atoms with Crippen LogP contribution in [0.15, 0.2) is 25.3 Å². The van der Waals surface area contributed by atoms with E-state index < -0.39 is 35.0 Å². The monoisotopic (exact) mass is 476 g/mol. The second-order valence-electron chi connectivity index (χ2n) is 9.98. The van der Waals surface area contributed by atoms with E-state index in [2.05, 4.69) is 20.1 Å². The van der Waals surface area contributed by atoms with Crippen molar-refractivity contribution in [3.63, 3.8) is 0 Å². The summed E-state index contributed by atoms with van der Waals surface area (Å²) < 4.78 is 12.1. The molecule has 1 spiro atoms. The molecule has 8 nitrogen and oxygen atoms in total. The van der Waals surface area contributed by atoms with Crippen LogP contribution in [0, 0.1) is 17.8 Å². The van der Waals surface area contributed by atoms with Crippen molar-refractivity contribution in [2.75, 3.05) is 32.8 Å². The highest BCUT2D eigenvalue weighted by Gasteiger charge is 2.80. The predicted molar refractivity (Wildman–Crippen MR) is 128 cm³/mol. The Kier molecular flexibility index (Phi) is 8.24. The maximum Gasteiger partial charge on any atom is 0.312 e. The second-order valence-corrected chi connectivity index (χ2v) is 9.98. The number of carbonyl (C=O) groups excluding carboxylic acids is 3. The van der Waals surface area contributed by atoms with Gasteiger partial charge in [-0.05, 0) is 32.1 Å². The average Bonchev–Trinajstić information content (AvgIpc) is 3.30. The third-order valence-electron chi connectivity index (χ3n) is 7.90. The zero-order valence-electron chi connectivity index (χ0n) is 20.8. The number of unbranched alkanes of at least 4 members (excludes halogenated alkanes) is 2. The summed E-state index contributed by atoms with van der Waals surface area (Å²) in [7, 11) is 0. The molecular weight excluding hydrogens is 436 g/mol. The van der Waals surface area contributed by atoms with Crippen LogP contribution in [0.2, 0.25) is 0 Å². The molecule has 0 aromatic heterocycles. The lowest BCUT2D eigenvalue weighted by molar-refractivity contribution is -0.162. The first-order valence-electron chi connectivity index (χ1n) is 12.5. The van der Waals surface area contributed by atoms with Crippen LogP contribution >= 0.6 is 0 Å². The molecule has 3 rings (SSSR count). The molecule has 1 N–H and O–H groups in total. The van der Waals surface area contributed by atoms with Gasteiger partial charge in [0.25, 0.3) is 0 Å². The number of esters is 1. The first kappa shape index (κ1) is 26.4. The Morgan fingerprint density at radius 2 is 2.06 bits per heavy atom. The predicted octanol–water partition coefficient (Wildman–Crippen LogP) is 2.31. The lowest BCUT2D eigenvalue weighted by Gasteiger charge is -2.37. The Morgan fingerprint density at radius 1 is 1.32 bits per heavy atom. The third kappa shape index (κ3) is 4.19. The number of ether oxygens (including phenoxy) is 2. The van der Waals surface area contributed by atoms with E-state index in [0.29, 0.717) is 25.9 Å². The Bertz CT molecular complexity index is 815.